The van der Waals surface area contributed by atoms with Gasteiger partial charge >= 0.3 is 0 Å². The third-order valence-corrected chi connectivity index (χ3v) is 18.2. The van der Waals surface area contributed by atoms with Crippen molar-refractivity contribution in [3.63, 3.8) is 0 Å². The van der Waals surface area contributed by atoms with Crippen molar-refractivity contribution in [3.8, 4) is 0 Å². The molecular weight excluding hydrogens is 587 g/mol. The van der Waals surface area contributed by atoms with Gasteiger partial charge in [0.1, 0.15) is 22.0 Å². The summed E-state index contributed by atoms with van der Waals surface area (Å²) < 4.78 is 22.0. The lowest BCUT2D eigenvalue weighted by Crippen LogP contribution is -2.77. The molecule has 5 nitrogen and oxygen atoms in total. The Bertz CT molecular complexity index is 1400. The largest absolute Gasteiger partial charge is 0.394 e. The van der Waals surface area contributed by atoms with E-state index in [1.165, 1.54) is 6.07 Å². The zero-order chi connectivity index (χ0) is 30.3. The molecule has 0 aliphatic carbocycles. The van der Waals surface area contributed by atoms with Gasteiger partial charge in [-0.1, -0.05) is 104 Å². The summed E-state index contributed by atoms with van der Waals surface area (Å²) in [5, 5.41) is 15.4. The molecule has 2 aliphatic heterocycles. The van der Waals surface area contributed by atoms with Crippen molar-refractivity contribution in [2.24, 2.45) is 0 Å². The van der Waals surface area contributed by atoms with Crippen LogP contribution >= 0.6 is 22.3 Å². The molecule has 1 fully saturated rings. The molecule has 1 saturated heterocycles. The topological polar surface area (TPSA) is 53.0 Å². The Morgan fingerprint density at radius 3 is 1.95 bits per heavy atom. The summed E-state index contributed by atoms with van der Waals surface area (Å²) in [4.78, 5) is 16.3. The Morgan fingerprint density at radius 2 is 1.48 bits per heavy atom. The molecule has 3 aromatic rings. The Balaban J connectivity index is 1.86. The van der Waals surface area contributed by atoms with Crippen LogP contribution in [-0.4, -0.2) is 76.2 Å². The van der Waals surface area contributed by atoms with Crippen LogP contribution in [0.1, 0.15) is 34.6 Å². The smallest absolute Gasteiger partial charge is 0.156 e. The van der Waals surface area contributed by atoms with Crippen LogP contribution in [0.2, 0.25) is 5.04 Å². The fraction of sp³-hybridized carbons (Fsp3) is 0.394. The molecule has 0 amide bonds. The van der Waals surface area contributed by atoms with Gasteiger partial charge < -0.3 is 14.6 Å². The minimum absolute atomic E-state index is 0.0522. The van der Waals surface area contributed by atoms with E-state index >= 15 is 4.39 Å². The fourth-order valence-corrected chi connectivity index (χ4v) is 17.0. The normalized spacial score (nSPS) is 26.8. The highest BCUT2D eigenvalue weighted by atomic mass is 35.5. The predicted molar refractivity (Wildman–Crippen MR) is 174 cm³/mol. The molecule has 2 heterocycles. The summed E-state index contributed by atoms with van der Waals surface area (Å²) in [5.41, 5.74) is -1.15. The Kier molecular flexibility index (Phi) is 8.99. The van der Waals surface area contributed by atoms with Crippen molar-refractivity contribution in [2.45, 2.75) is 67.2 Å². The van der Waals surface area contributed by atoms with Crippen LogP contribution in [0.5, 0.6) is 0 Å². The number of carbonyl (C=O) groups is 1. The highest BCUT2D eigenvalue weighted by Gasteiger charge is 2.64. The van der Waals surface area contributed by atoms with Crippen LogP contribution < -0.4 is 10.4 Å². The molecule has 3 unspecified atom stereocenters. The maximum absolute atomic E-state index is 15.9. The third-order valence-electron chi connectivity index (χ3n) is 8.62. The number of hydrogen-bond acceptors (Lipinski definition) is 5. The van der Waals surface area contributed by atoms with E-state index in [-0.39, 0.29) is 18.8 Å². The van der Waals surface area contributed by atoms with Crippen LogP contribution in [0, 0.1) is 5.82 Å². The highest BCUT2D eigenvalue weighted by molar-refractivity contribution is 8.18. The lowest BCUT2D eigenvalue weighted by Gasteiger charge is -2.51. The minimum atomic E-state index is -3.27. The SMILES string of the molecule is C[C@@H]1CN(C2=S(c3ccccc3F)C(C=O)(C(O)[Si](c3ccccc3)(c3ccccc3)C(C)(C)C)CN2Cl)C[C@H](C)O1. The number of benzene rings is 3. The van der Waals surface area contributed by atoms with E-state index in [0.717, 1.165) is 16.7 Å². The van der Waals surface area contributed by atoms with Crippen molar-refractivity contribution in [2.75, 3.05) is 19.6 Å². The lowest BCUT2D eigenvalue weighted by molar-refractivity contribution is -0.111. The standard InChI is InChI=1S/C33H40ClFN2O3SSi/c1-24-20-36(21-25(2)40-24)31-37(34)22-33(23-38,41(31)29-19-13-12-18-28(29)35)30(39)42(32(3,4)5,26-14-8-6-9-15-26)27-16-10-7-11-17-27/h6-19,23-25,30,39H,20-22H2,1-5H3/t24-,25+,30?,33?,41?. The molecule has 224 valence electrons. The van der Waals surface area contributed by atoms with E-state index < -0.39 is 39.9 Å². The summed E-state index contributed by atoms with van der Waals surface area (Å²) in [6.07, 6.45) is 0.720. The van der Waals surface area contributed by atoms with Crippen molar-refractivity contribution in [1.82, 2.24) is 9.32 Å². The number of ether oxygens (including phenoxy) is 1. The second kappa shape index (κ2) is 12.1. The molecule has 0 saturated carbocycles. The molecule has 0 radical (unpaired) electrons. The van der Waals surface area contributed by atoms with Gasteiger partial charge in [0.05, 0.1) is 17.9 Å². The first-order valence-electron chi connectivity index (χ1n) is 14.4. The molecule has 1 N–H and O–H groups in total. The van der Waals surface area contributed by atoms with Crippen LogP contribution in [0.3, 0.4) is 0 Å². The number of morpholine rings is 1. The predicted octanol–water partition coefficient (Wildman–Crippen LogP) is 5.02. The van der Waals surface area contributed by atoms with Gasteiger partial charge in [0.2, 0.25) is 0 Å². The second-order valence-electron chi connectivity index (χ2n) is 12.5. The summed E-state index contributed by atoms with van der Waals surface area (Å²) >= 11 is 7.11. The molecule has 5 rings (SSSR count). The van der Waals surface area contributed by atoms with Gasteiger partial charge in [-0.15, -0.1) is 10.5 Å². The number of aldehydes is 1. The average molecular weight is 627 g/mol. The number of aliphatic hydroxyl groups excluding tert-OH is 1. The number of carbonyl (C=O) groups excluding carboxylic acids is 1. The Labute approximate surface area is 257 Å². The molecular formula is C33H40ClFN2O3SSi. The zero-order valence-corrected chi connectivity index (χ0v) is 27.4. The van der Waals surface area contributed by atoms with E-state index in [2.05, 4.69) is 49.9 Å². The number of nitrogens with zero attached hydrogens (tertiary/aromatic N) is 2. The Morgan fingerprint density at radius 1 is 0.976 bits per heavy atom. The molecule has 0 aromatic heterocycles. The van der Waals surface area contributed by atoms with E-state index in [1.54, 1.807) is 22.6 Å². The first kappa shape index (κ1) is 31.3. The number of rotatable bonds is 6. The molecule has 5 atom stereocenters. The second-order valence-corrected chi connectivity index (χ2v) is 19.9. The first-order valence-corrected chi connectivity index (χ1v) is 18.1. The first-order chi connectivity index (χ1) is 20.0. The lowest BCUT2D eigenvalue weighted by atomic mass is 10.1. The number of aliphatic hydroxyl groups is 1. The summed E-state index contributed by atoms with van der Waals surface area (Å²) in [7, 11) is -4.50. The third kappa shape index (κ3) is 5.15. The van der Waals surface area contributed by atoms with E-state index in [9.17, 15) is 9.90 Å². The van der Waals surface area contributed by atoms with Crippen molar-refractivity contribution >= 4 is 52.1 Å². The molecule has 0 spiro atoms. The van der Waals surface area contributed by atoms with E-state index in [4.69, 9.17) is 16.5 Å². The highest BCUT2D eigenvalue weighted by Crippen LogP contribution is 2.54. The van der Waals surface area contributed by atoms with E-state index in [1.807, 2.05) is 50.2 Å². The summed E-state index contributed by atoms with van der Waals surface area (Å²) in [5.74, 6) is -0.416. The van der Waals surface area contributed by atoms with Crippen LogP contribution in [0.25, 0.3) is 0 Å². The maximum atomic E-state index is 15.9. The van der Waals surface area contributed by atoms with E-state index in [0.29, 0.717) is 23.1 Å². The van der Waals surface area contributed by atoms with Crippen LogP contribution in [0.15, 0.2) is 89.8 Å². The molecule has 2 aliphatic rings. The van der Waals surface area contributed by atoms with Crippen LogP contribution in [0.4, 0.5) is 4.39 Å². The average Bonchev–Trinajstić information content (AvgIpc) is 3.26. The Hall–Kier alpha value is -2.17. The van der Waals surface area contributed by atoms with Crippen LogP contribution in [-0.2, 0) is 9.53 Å². The van der Waals surface area contributed by atoms with Gasteiger partial charge in [-0.25, -0.2) is 4.39 Å². The quantitative estimate of drug-likeness (QED) is 0.180. The van der Waals surface area contributed by atoms with Crippen molar-refractivity contribution in [3.05, 3.63) is 90.7 Å². The molecule has 42 heavy (non-hydrogen) atoms. The zero-order valence-electron chi connectivity index (χ0n) is 24.8. The molecule has 9 heteroatoms. The van der Waals surface area contributed by atoms with Crippen molar-refractivity contribution < 1.29 is 19.0 Å². The van der Waals surface area contributed by atoms with Gasteiger partial charge in [0.25, 0.3) is 0 Å². The van der Waals surface area contributed by atoms with Gasteiger partial charge in [0.15, 0.2) is 8.07 Å². The molecule has 0 bridgehead atoms. The van der Waals surface area contributed by atoms with Gasteiger partial charge in [-0.3, -0.25) is 4.90 Å². The van der Waals surface area contributed by atoms with Gasteiger partial charge in [-0.05, 0) is 42.8 Å². The number of hydrogen-bond donors (Lipinski definition) is 1. The molecule has 3 aromatic carbocycles. The number of halogens is 2. The summed E-state index contributed by atoms with van der Waals surface area (Å²) in [6, 6.07) is 26.7. The van der Waals surface area contributed by atoms with Gasteiger partial charge in [-0.2, -0.15) is 4.42 Å². The summed E-state index contributed by atoms with van der Waals surface area (Å²) in [6.45, 7) is 11.6. The van der Waals surface area contributed by atoms with Gasteiger partial charge in [0, 0.05) is 24.5 Å². The maximum Gasteiger partial charge on any atom is 0.156 e. The van der Waals surface area contributed by atoms with Crippen molar-refractivity contribution in [1.29, 1.82) is 0 Å². The fourth-order valence-electron chi connectivity index (χ4n) is 7.02. The minimum Gasteiger partial charge on any atom is -0.394 e. The monoisotopic (exact) mass is 626 g/mol.